The zero-order chi connectivity index (χ0) is 19.4. The molecule has 138 valence electrons. The molecule has 5 nitrogen and oxygen atoms in total. The van der Waals surface area contributed by atoms with E-state index >= 15 is 0 Å². The number of hydrogen-bond donors (Lipinski definition) is 2. The molecule has 2 aromatic carbocycles. The molecule has 0 spiro atoms. The van der Waals surface area contributed by atoms with E-state index in [0.717, 1.165) is 27.9 Å². The van der Waals surface area contributed by atoms with Crippen molar-refractivity contribution in [1.82, 2.24) is 9.97 Å². The lowest BCUT2D eigenvalue weighted by Gasteiger charge is -2.12. The van der Waals surface area contributed by atoms with Crippen molar-refractivity contribution in [1.29, 1.82) is 0 Å². The summed E-state index contributed by atoms with van der Waals surface area (Å²) in [7, 11) is 0. The SMILES string of the molecule is Cc1cc(C)c(NC(=O)c2cnc(NCc3ccccc3Cl)cn2)c(C)c1. The molecule has 27 heavy (non-hydrogen) atoms. The Labute approximate surface area is 163 Å². The number of aryl methyl sites for hydroxylation is 3. The van der Waals surface area contributed by atoms with E-state index in [1.54, 1.807) is 6.20 Å². The van der Waals surface area contributed by atoms with Crippen molar-refractivity contribution in [3.05, 3.63) is 81.8 Å². The first kappa shape index (κ1) is 18.9. The van der Waals surface area contributed by atoms with Gasteiger partial charge in [0.05, 0.1) is 12.4 Å². The van der Waals surface area contributed by atoms with Gasteiger partial charge in [0.15, 0.2) is 0 Å². The van der Waals surface area contributed by atoms with Crippen LogP contribution in [0.2, 0.25) is 5.02 Å². The Morgan fingerprint density at radius 2 is 1.74 bits per heavy atom. The predicted octanol–water partition coefficient (Wildman–Crippen LogP) is 4.92. The number of nitrogens with one attached hydrogen (secondary N) is 2. The maximum Gasteiger partial charge on any atom is 0.275 e. The van der Waals surface area contributed by atoms with Crippen LogP contribution < -0.4 is 10.6 Å². The molecule has 0 aliphatic carbocycles. The zero-order valence-electron chi connectivity index (χ0n) is 15.5. The molecular weight excluding hydrogens is 360 g/mol. The van der Waals surface area contributed by atoms with Gasteiger partial charge in [-0.3, -0.25) is 4.79 Å². The standard InChI is InChI=1S/C21H21ClN4O/c1-13-8-14(2)20(15(3)9-13)26-21(27)18-11-25-19(12-23-18)24-10-16-6-4-5-7-17(16)22/h4-9,11-12H,10H2,1-3H3,(H,24,25)(H,26,27). The van der Waals surface area contributed by atoms with Gasteiger partial charge in [-0.05, 0) is 43.5 Å². The summed E-state index contributed by atoms with van der Waals surface area (Å²) in [6.45, 7) is 6.51. The summed E-state index contributed by atoms with van der Waals surface area (Å²) in [5.74, 6) is 0.296. The first-order valence-corrected chi connectivity index (χ1v) is 9.00. The Morgan fingerprint density at radius 1 is 1.04 bits per heavy atom. The third-order valence-electron chi connectivity index (χ3n) is 4.22. The number of benzene rings is 2. The average Bonchev–Trinajstić information content (AvgIpc) is 2.64. The summed E-state index contributed by atoms with van der Waals surface area (Å²) in [5.41, 5.74) is 5.24. The average molecular weight is 381 g/mol. The predicted molar refractivity (Wildman–Crippen MR) is 109 cm³/mol. The Morgan fingerprint density at radius 3 is 2.37 bits per heavy atom. The topological polar surface area (TPSA) is 66.9 Å². The molecule has 1 aromatic heterocycles. The van der Waals surface area contributed by atoms with Crippen molar-refractivity contribution < 1.29 is 4.79 Å². The van der Waals surface area contributed by atoms with Crippen molar-refractivity contribution in [2.24, 2.45) is 0 Å². The second-order valence-corrected chi connectivity index (χ2v) is 6.87. The van der Waals surface area contributed by atoms with Gasteiger partial charge in [-0.15, -0.1) is 0 Å². The van der Waals surface area contributed by atoms with E-state index in [1.165, 1.54) is 6.20 Å². The highest BCUT2D eigenvalue weighted by atomic mass is 35.5. The number of aromatic nitrogens is 2. The summed E-state index contributed by atoms with van der Waals surface area (Å²) >= 11 is 6.14. The summed E-state index contributed by atoms with van der Waals surface area (Å²) in [5, 5.41) is 6.77. The molecule has 0 atom stereocenters. The molecule has 0 aliphatic rings. The van der Waals surface area contributed by atoms with Crippen molar-refractivity contribution in [3.8, 4) is 0 Å². The number of carbonyl (C=O) groups is 1. The van der Waals surface area contributed by atoms with Gasteiger partial charge < -0.3 is 10.6 Å². The zero-order valence-corrected chi connectivity index (χ0v) is 16.3. The van der Waals surface area contributed by atoms with E-state index in [4.69, 9.17) is 11.6 Å². The van der Waals surface area contributed by atoms with Crippen LogP contribution in [0, 0.1) is 20.8 Å². The lowest BCUT2D eigenvalue weighted by Crippen LogP contribution is -2.16. The van der Waals surface area contributed by atoms with Gasteiger partial charge in [0, 0.05) is 17.3 Å². The summed E-state index contributed by atoms with van der Waals surface area (Å²) < 4.78 is 0. The number of halogens is 1. The maximum atomic E-state index is 12.5. The number of rotatable bonds is 5. The molecule has 3 aromatic rings. The monoisotopic (exact) mass is 380 g/mol. The number of amides is 1. The normalized spacial score (nSPS) is 10.5. The fraction of sp³-hybridized carbons (Fsp3) is 0.190. The van der Waals surface area contributed by atoms with Gasteiger partial charge in [0.25, 0.3) is 5.91 Å². The van der Waals surface area contributed by atoms with Gasteiger partial charge in [-0.2, -0.15) is 0 Å². The van der Waals surface area contributed by atoms with Crippen molar-refractivity contribution in [2.45, 2.75) is 27.3 Å². The number of hydrogen-bond acceptors (Lipinski definition) is 4. The van der Waals surface area contributed by atoms with Crippen LogP contribution in [-0.2, 0) is 6.54 Å². The molecule has 1 heterocycles. The quantitative estimate of drug-likeness (QED) is 0.659. The number of carbonyl (C=O) groups excluding carboxylic acids is 1. The second-order valence-electron chi connectivity index (χ2n) is 6.46. The van der Waals surface area contributed by atoms with E-state index in [-0.39, 0.29) is 11.6 Å². The van der Waals surface area contributed by atoms with Crippen molar-refractivity contribution in [3.63, 3.8) is 0 Å². The number of nitrogens with zero attached hydrogens (tertiary/aromatic N) is 2. The van der Waals surface area contributed by atoms with Crippen LogP contribution in [0.15, 0.2) is 48.8 Å². The highest BCUT2D eigenvalue weighted by molar-refractivity contribution is 6.31. The van der Waals surface area contributed by atoms with Crippen molar-refractivity contribution in [2.75, 3.05) is 10.6 Å². The highest BCUT2D eigenvalue weighted by Gasteiger charge is 2.12. The molecule has 0 saturated heterocycles. The molecule has 0 bridgehead atoms. The van der Waals surface area contributed by atoms with Crippen LogP contribution in [0.5, 0.6) is 0 Å². The minimum Gasteiger partial charge on any atom is -0.365 e. The van der Waals surface area contributed by atoms with E-state index in [0.29, 0.717) is 17.4 Å². The molecule has 0 saturated carbocycles. The molecule has 0 radical (unpaired) electrons. The van der Waals surface area contributed by atoms with Crippen LogP contribution in [0.25, 0.3) is 0 Å². The summed E-state index contributed by atoms with van der Waals surface area (Å²) in [6.07, 6.45) is 3.00. The lowest BCUT2D eigenvalue weighted by atomic mass is 10.1. The minimum atomic E-state index is -0.282. The van der Waals surface area contributed by atoms with Gasteiger partial charge in [0.2, 0.25) is 0 Å². The van der Waals surface area contributed by atoms with E-state index < -0.39 is 0 Å². The fourth-order valence-corrected chi connectivity index (χ4v) is 3.12. The molecule has 1 amide bonds. The Balaban J connectivity index is 1.66. The van der Waals surface area contributed by atoms with E-state index in [9.17, 15) is 4.79 Å². The molecule has 3 rings (SSSR count). The Bertz CT molecular complexity index is 947. The fourth-order valence-electron chi connectivity index (χ4n) is 2.92. The molecule has 6 heteroatoms. The minimum absolute atomic E-state index is 0.262. The van der Waals surface area contributed by atoms with Crippen molar-refractivity contribution >= 4 is 29.0 Å². The van der Waals surface area contributed by atoms with Crippen LogP contribution in [0.3, 0.4) is 0 Å². The third kappa shape index (κ3) is 4.63. The first-order chi connectivity index (χ1) is 12.9. The van der Waals surface area contributed by atoms with Crippen LogP contribution in [-0.4, -0.2) is 15.9 Å². The van der Waals surface area contributed by atoms with Crippen LogP contribution in [0.4, 0.5) is 11.5 Å². The number of anilines is 2. The largest absolute Gasteiger partial charge is 0.365 e. The highest BCUT2D eigenvalue weighted by Crippen LogP contribution is 2.22. The van der Waals surface area contributed by atoms with E-state index in [2.05, 4.69) is 20.6 Å². The molecular formula is C21H21ClN4O. The lowest BCUT2D eigenvalue weighted by molar-refractivity contribution is 0.102. The van der Waals surface area contributed by atoms with Gasteiger partial charge >= 0.3 is 0 Å². The molecule has 0 fully saturated rings. The molecule has 0 unspecified atom stereocenters. The second kappa shape index (κ2) is 8.18. The maximum absolute atomic E-state index is 12.5. The molecule has 0 aliphatic heterocycles. The third-order valence-corrected chi connectivity index (χ3v) is 4.59. The van der Waals surface area contributed by atoms with Crippen LogP contribution >= 0.6 is 11.6 Å². The summed E-state index contributed by atoms with van der Waals surface area (Å²) in [4.78, 5) is 21.0. The van der Waals surface area contributed by atoms with Gasteiger partial charge in [-0.25, -0.2) is 9.97 Å². The van der Waals surface area contributed by atoms with Gasteiger partial charge in [-0.1, -0.05) is 47.5 Å². The smallest absolute Gasteiger partial charge is 0.275 e. The van der Waals surface area contributed by atoms with Crippen LogP contribution in [0.1, 0.15) is 32.7 Å². The Hall–Kier alpha value is -2.92. The summed E-state index contributed by atoms with van der Waals surface area (Å²) in [6, 6.07) is 11.7. The Kier molecular flexibility index (Phi) is 5.72. The molecule has 2 N–H and O–H groups in total. The first-order valence-electron chi connectivity index (χ1n) is 8.62. The van der Waals surface area contributed by atoms with E-state index in [1.807, 2.05) is 57.2 Å². The van der Waals surface area contributed by atoms with Gasteiger partial charge in [0.1, 0.15) is 11.5 Å².